The van der Waals surface area contributed by atoms with E-state index in [-0.39, 0.29) is 5.91 Å². The van der Waals surface area contributed by atoms with Crippen molar-refractivity contribution in [2.45, 2.75) is 32.8 Å². The van der Waals surface area contributed by atoms with Crippen LogP contribution in [0.15, 0.2) is 42.5 Å². The van der Waals surface area contributed by atoms with E-state index >= 15 is 0 Å². The Morgan fingerprint density at radius 2 is 1.60 bits per heavy atom. The number of carbonyl (C=O) groups excluding carboxylic acids is 1. The van der Waals surface area contributed by atoms with Crippen LogP contribution in [-0.4, -0.2) is 26.2 Å². The van der Waals surface area contributed by atoms with E-state index in [1.165, 1.54) is 0 Å². The van der Waals surface area contributed by atoms with E-state index in [0.717, 1.165) is 11.3 Å². The van der Waals surface area contributed by atoms with Crippen molar-refractivity contribution in [3.63, 3.8) is 0 Å². The van der Waals surface area contributed by atoms with Crippen molar-refractivity contribution in [2.24, 2.45) is 0 Å². The number of hydrogen-bond donors (Lipinski definition) is 1. The molecule has 0 heterocycles. The zero-order valence-corrected chi connectivity index (χ0v) is 15.3. The Hall–Kier alpha value is -2.69. The topological polar surface area (TPSA) is 56.8 Å². The van der Waals surface area contributed by atoms with Gasteiger partial charge in [-0.15, -0.1) is 0 Å². The molecule has 25 heavy (non-hydrogen) atoms. The minimum absolute atomic E-state index is 0.231. The molecule has 0 fully saturated rings. The van der Waals surface area contributed by atoms with Crippen molar-refractivity contribution in [1.82, 2.24) is 0 Å². The molecule has 0 unspecified atom stereocenters. The summed E-state index contributed by atoms with van der Waals surface area (Å²) in [6.45, 7) is 5.92. The van der Waals surface area contributed by atoms with Crippen LogP contribution < -0.4 is 19.5 Å². The van der Waals surface area contributed by atoms with Crippen LogP contribution in [0.4, 0.5) is 5.69 Å². The molecule has 1 amide bonds. The van der Waals surface area contributed by atoms with Crippen LogP contribution in [0, 0.1) is 0 Å². The highest BCUT2D eigenvalue weighted by molar-refractivity contribution is 5.94. The van der Waals surface area contributed by atoms with E-state index in [0.29, 0.717) is 23.1 Å². The third kappa shape index (κ3) is 4.66. The highest BCUT2D eigenvalue weighted by Gasteiger charge is 2.18. The molecule has 0 aliphatic rings. The fraction of sp³-hybridized carbons (Fsp3) is 0.350. The number of para-hydroxylation sites is 1. The first-order chi connectivity index (χ1) is 12.0. The summed E-state index contributed by atoms with van der Waals surface area (Å²) < 4.78 is 16.3. The maximum absolute atomic E-state index is 12.4. The molecule has 0 saturated carbocycles. The lowest BCUT2D eigenvalue weighted by molar-refractivity contribution is -0.122. The van der Waals surface area contributed by atoms with Gasteiger partial charge in [0.15, 0.2) is 17.6 Å². The third-order valence-corrected chi connectivity index (χ3v) is 3.87. The van der Waals surface area contributed by atoms with Gasteiger partial charge in [0.2, 0.25) is 0 Å². The van der Waals surface area contributed by atoms with Crippen LogP contribution in [0.2, 0.25) is 0 Å². The molecule has 0 aliphatic carbocycles. The number of hydrogen-bond acceptors (Lipinski definition) is 4. The Balaban J connectivity index is 2.08. The van der Waals surface area contributed by atoms with Crippen LogP contribution in [-0.2, 0) is 4.79 Å². The highest BCUT2D eigenvalue weighted by Crippen LogP contribution is 2.30. The maximum Gasteiger partial charge on any atom is 0.265 e. The summed E-state index contributed by atoms with van der Waals surface area (Å²) in [4.78, 5) is 12.4. The molecule has 0 aromatic heterocycles. The molecule has 0 aliphatic heterocycles. The Morgan fingerprint density at radius 1 is 0.920 bits per heavy atom. The van der Waals surface area contributed by atoms with Crippen molar-refractivity contribution in [3.8, 4) is 17.2 Å². The molecular weight excluding hydrogens is 318 g/mol. The molecule has 0 spiro atoms. The van der Waals surface area contributed by atoms with Gasteiger partial charge in [-0.25, -0.2) is 0 Å². The molecule has 0 radical (unpaired) electrons. The van der Waals surface area contributed by atoms with Crippen molar-refractivity contribution in [1.29, 1.82) is 0 Å². The second-order valence-corrected chi connectivity index (χ2v) is 6.01. The Morgan fingerprint density at radius 3 is 2.24 bits per heavy atom. The van der Waals surface area contributed by atoms with Gasteiger partial charge >= 0.3 is 0 Å². The second-order valence-electron chi connectivity index (χ2n) is 6.01. The van der Waals surface area contributed by atoms with Crippen molar-refractivity contribution in [3.05, 3.63) is 48.0 Å². The number of carbonyl (C=O) groups is 1. The van der Waals surface area contributed by atoms with Crippen molar-refractivity contribution >= 4 is 11.6 Å². The number of rotatable bonds is 7. The quantitative estimate of drug-likeness (QED) is 0.817. The molecule has 0 bridgehead atoms. The van der Waals surface area contributed by atoms with Gasteiger partial charge in [-0.1, -0.05) is 32.0 Å². The third-order valence-electron chi connectivity index (χ3n) is 3.87. The van der Waals surface area contributed by atoms with Gasteiger partial charge in [-0.05, 0) is 36.6 Å². The molecule has 1 atom stereocenters. The minimum Gasteiger partial charge on any atom is -0.493 e. The Labute approximate surface area is 148 Å². The highest BCUT2D eigenvalue weighted by atomic mass is 16.5. The second kappa shape index (κ2) is 8.42. The fourth-order valence-corrected chi connectivity index (χ4v) is 2.47. The van der Waals surface area contributed by atoms with Crippen LogP contribution in [0.5, 0.6) is 17.2 Å². The van der Waals surface area contributed by atoms with Gasteiger partial charge in [0.25, 0.3) is 5.91 Å². The molecular formula is C20H25NO4. The molecule has 2 aromatic rings. The summed E-state index contributed by atoms with van der Waals surface area (Å²) in [5, 5.41) is 2.84. The van der Waals surface area contributed by atoms with Gasteiger partial charge in [0.1, 0.15) is 5.75 Å². The predicted octanol–water partition coefficient (Wildman–Crippen LogP) is 4.23. The van der Waals surface area contributed by atoms with E-state index in [1.807, 2.05) is 24.3 Å². The molecule has 0 saturated heterocycles. The molecule has 5 nitrogen and oxygen atoms in total. The van der Waals surface area contributed by atoms with Crippen LogP contribution in [0.3, 0.4) is 0 Å². The molecule has 134 valence electrons. The summed E-state index contributed by atoms with van der Waals surface area (Å²) in [5.41, 5.74) is 1.70. The lowest BCUT2D eigenvalue weighted by atomic mass is 10.0. The smallest absolute Gasteiger partial charge is 0.265 e. The van der Waals surface area contributed by atoms with Gasteiger partial charge in [-0.3, -0.25) is 4.79 Å². The van der Waals surface area contributed by atoms with E-state index in [2.05, 4.69) is 19.2 Å². The Bertz CT molecular complexity index is 727. The molecule has 2 aromatic carbocycles. The van der Waals surface area contributed by atoms with E-state index in [1.54, 1.807) is 39.3 Å². The van der Waals surface area contributed by atoms with Crippen LogP contribution in [0.25, 0.3) is 0 Å². The lowest BCUT2D eigenvalue weighted by Gasteiger charge is -2.19. The number of ether oxygens (including phenoxy) is 3. The standard InChI is InChI=1S/C20H25NO4/c1-13(2)16-8-6-7-9-17(16)25-14(3)20(22)21-15-10-11-18(23-4)19(12-15)24-5/h6-14H,1-5H3,(H,21,22)/t14-/m1/s1. The van der Waals surface area contributed by atoms with Crippen molar-refractivity contribution in [2.75, 3.05) is 19.5 Å². The number of methoxy groups -OCH3 is 2. The molecule has 1 N–H and O–H groups in total. The summed E-state index contributed by atoms with van der Waals surface area (Å²) in [6.07, 6.45) is -0.631. The lowest BCUT2D eigenvalue weighted by Crippen LogP contribution is -2.30. The van der Waals surface area contributed by atoms with E-state index in [4.69, 9.17) is 14.2 Å². The SMILES string of the molecule is COc1ccc(NC(=O)[C@@H](C)Oc2ccccc2C(C)C)cc1OC. The molecule has 2 rings (SSSR count). The number of nitrogens with one attached hydrogen (secondary N) is 1. The zero-order valence-electron chi connectivity index (χ0n) is 15.3. The minimum atomic E-state index is -0.631. The number of benzene rings is 2. The summed E-state index contributed by atoms with van der Waals surface area (Å²) in [6, 6.07) is 13.0. The predicted molar refractivity (Wildman–Crippen MR) is 98.8 cm³/mol. The largest absolute Gasteiger partial charge is 0.493 e. The van der Waals surface area contributed by atoms with E-state index in [9.17, 15) is 4.79 Å². The average Bonchev–Trinajstić information content (AvgIpc) is 2.61. The zero-order chi connectivity index (χ0) is 18.4. The average molecular weight is 343 g/mol. The van der Waals surface area contributed by atoms with Gasteiger partial charge in [-0.2, -0.15) is 0 Å². The van der Waals surface area contributed by atoms with Gasteiger partial charge in [0, 0.05) is 11.8 Å². The van der Waals surface area contributed by atoms with Crippen LogP contribution >= 0.6 is 0 Å². The number of amides is 1. The summed E-state index contributed by atoms with van der Waals surface area (Å²) in [5.74, 6) is 1.98. The van der Waals surface area contributed by atoms with Gasteiger partial charge in [0.05, 0.1) is 14.2 Å². The number of anilines is 1. The van der Waals surface area contributed by atoms with Crippen molar-refractivity contribution < 1.29 is 19.0 Å². The maximum atomic E-state index is 12.4. The summed E-state index contributed by atoms with van der Waals surface area (Å²) >= 11 is 0. The normalized spacial score (nSPS) is 11.8. The first kappa shape index (κ1) is 18.6. The van der Waals surface area contributed by atoms with Crippen LogP contribution in [0.1, 0.15) is 32.3 Å². The van der Waals surface area contributed by atoms with E-state index < -0.39 is 6.10 Å². The first-order valence-electron chi connectivity index (χ1n) is 8.24. The summed E-state index contributed by atoms with van der Waals surface area (Å²) in [7, 11) is 3.12. The van der Waals surface area contributed by atoms with Gasteiger partial charge < -0.3 is 19.5 Å². The molecule has 5 heteroatoms. The fourth-order valence-electron chi connectivity index (χ4n) is 2.47. The Kier molecular flexibility index (Phi) is 6.28. The first-order valence-corrected chi connectivity index (χ1v) is 8.24. The monoisotopic (exact) mass is 343 g/mol.